The Kier molecular flexibility index (Phi) is 6.14. The molecule has 0 radical (unpaired) electrons. The molecule has 1 heterocycles. The normalized spacial score (nSPS) is 23.5. The van der Waals surface area contributed by atoms with Gasteiger partial charge in [-0.15, -0.1) is 0 Å². The number of rotatable bonds is 5. The lowest BCUT2D eigenvalue weighted by molar-refractivity contribution is 0.113. The standard InChI is InChI=1S/C16H23BrF2N2/c1-3-5-11-9-21(12(4-2)8-20-11)10-13-15(18)7-6-14(17)16(13)19/h6-7,11-12,20H,3-5,8-10H2,1-2H3. The van der Waals surface area contributed by atoms with E-state index in [2.05, 4.69) is 40.0 Å². The first kappa shape index (κ1) is 16.8. The van der Waals surface area contributed by atoms with Crippen molar-refractivity contribution in [3.8, 4) is 0 Å². The molecule has 1 saturated heterocycles. The van der Waals surface area contributed by atoms with Crippen LogP contribution in [-0.4, -0.2) is 30.1 Å². The molecule has 1 fully saturated rings. The smallest absolute Gasteiger partial charge is 0.144 e. The van der Waals surface area contributed by atoms with E-state index in [4.69, 9.17) is 0 Å². The van der Waals surface area contributed by atoms with E-state index in [0.717, 1.165) is 32.4 Å². The molecule has 1 aliphatic heterocycles. The Morgan fingerprint density at radius 2 is 2.10 bits per heavy atom. The fourth-order valence-corrected chi connectivity index (χ4v) is 3.36. The van der Waals surface area contributed by atoms with Gasteiger partial charge in [-0.2, -0.15) is 0 Å². The van der Waals surface area contributed by atoms with Gasteiger partial charge in [0.05, 0.1) is 4.47 Å². The molecular weight excluding hydrogens is 338 g/mol. The summed E-state index contributed by atoms with van der Waals surface area (Å²) < 4.78 is 28.4. The van der Waals surface area contributed by atoms with Crippen LogP contribution in [0.3, 0.4) is 0 Å². The molecule has 118 valence electrons. The number of nitrogens with zero attached hydrogens (tertiary/aromatic N) is 1. The number of hydrogen-bond acceptors (Lipinski definition) is 2. The highest BCUT2D eigenvalue weighted by atomic mass is 79.9. The molecule has 5 heteroatoms. The quantitative estimate of drug-likeness (QED) is 0.795. The molecule has 1 N–H and O–H groups in total. The third-order valence-electron chi connectivity index (χ3n) is 4.22. The van der Waals surface area contributed by atoms with Crippen molar-refractivity contribution in [2.24, 2.45) is 0 Å². The zero-order chi connectivity index (χ0) is 15.4. The van der Waals surface area contributed by atoms with Gasteiger partial charge in [-0.1, -0.05) is 20.3 Å². The minimum Gasteiger partial charge on any atom is -0.311 e. The maximum atomic E-state index is 14.2. The maximum Gasteiger partial charge on any atom is 0.144 e. The average molecular weight is 361 g/mol. The van der Waals surface area contributed by atoms with E-state index in [-0.39, 0.29) is 5.56 Å². The third kappa shape index (κ3) is 4.02. The van der Waals surface area contributed by atoms with Crippen LogP contribution in [0.2, 0.25) is 0 Å². The highest BCUT2D eigenvalue weighted by molar-refractivity contribution is 9.10. The van der Waals surface area contributed by atoms with Gasteiger partial charge in [-0.3, -0.25) is 4.90 Å². The summed E-state index contributed by atoms with van der Waals surface area (Å²) in [5, 5.41) is 3.54. The fourth-order valence-electron chi connectivity index (χ4n) is 2.98. The molecule has 0 aromatic heterocycles. The van der Waals surface area contributed by atoms with Crippen molar-refractivity contribution in [2.75, 3.05) is 13.1 Å². The minimum atomic E-state index is -0.476. The second-order valence-corrected chi connectivity index (χ2v) is 6.56. The summed E-state index contributed by atoms with van der Waals surface area (Å²) in [4.78, 5) is 2.21. The van der Waals surface area contributed by atoms with Crippen LogP contribution in [0.5, 0.6) is 0 Å². The van der Waals surface area contributed by atoms with E-state index in [1.165, 1.54) is 12.1 Å². The van der Waals surface area contributed by atoms with Gasteiger partial charge in [-0.05, 0) is 40.9 Å². The van der Waals surface area contributed by atoms with E-state index < -0.39 is 11.6 Å². The molecule has 0 saturated carbocycles. The SMILES string of the molecule is CCCC1CN(Cc2c(F)ccc(Br)c2F)C(CC)CN1. The Balaban J connectivity index is 2.17. The molecule has 1 aliphatic rings. The van der Waals surface area contributed by atoms with Crippen molar-refractivity contribution in [3.05, 3.63) is 33.8 Å². The fraction of sp³-hybridized carbons (Fsp3) is 0.625. The largest absolute Gasteiger partial charge is 0.311 e. The van der Waals surface area contributed by atoms with Crippen LogP contribution in [0.4, 0.5) is 8.78 Å². The molecule has 0 bridgehead atoms. The van der Waals surface area contributed by atoms with Gasteiger partial charge in [0.2, 0.25) is 0 Å². The summed E-state index contributed by atoms with van der Waals surface area (Å²) >= 11 is 3.14. The topological polar surface area (TPSA) is 15.3 Å². The first-order chi connectivity index (χ1) is 10.1. The molecule has 0 aliphatic carbocycles. The van der Waals surface area contributed by atoms with E-state index in [0.29, 0.717) is 23.1 Å². The van der Waals surface area contributed by atoms with Crippen LogP contribution in [-0.2, 0) is 6.54 Å². The summed E-state index contributed by atoms with van der Waals surface area (Å²) in [5.41, 5.74) is 0.167. The Morgan fingerprint density at radius 3 is 2.76 bits per heavy atom. The summed E-state index contributed by atoms with van der Waals surface area (Å²) in [6.07, 6.45) is 3.18. The van der Waals surface area contributed by atoms with Gasteiger partial charge in [-0.25, -0.2) is 8.78 Å². The van der Waals surface area contributed by atoms with Crippen LogP contribution < -0.4 is 5.32 Å². The van der Waals surface area contributed by atoms with E-state index in [9.17, 15) is 8.78 Å². The van der Waals surface area contributed by atoms with Gasteiger partial charge in [0, 0.05) is 37.3 Å². The highest BCUT2D eigenvalue weighted by Crippen LogP contribution is 2.25. The minimum absolute atomic E-state index is 0.167. The van der Waals surface area contributed by atoms with E-state index in [1.54, 1.807) is 0 Å². The molecule has 0 spiro atoms. The summed E-state index contributed by atoms with van der Waals surface area (Å²) in [6.45, 7) is 6.34. The Bertz CT molecular complexity index is 482. The molecular formula is C16H23BrF2N2. The molecule has 2 nitrogen and oxygen atoms in total. The molecule has 0 amide bonds. The second-order valence-electron chi connectivity index (χ2n) is 5.71. The summed E-state index contributed by atoms with van der Waals surface area (Å²) in [6, 6.07) is 3.49. The number of hydrogen-bond donors (Lipinski definition) is 1. The first-order valence-electron chi connectivity index (χ1n) is 7.66. The Labute approximate surface area is 134 Å². The van der Waals surface area contributed by atoms with Gasteiger partial charge in [0.1, 0.15) is 11.6 Å². The van der Waals surface area contributed by atoms with Crippen molar-refractivity contribution < 1.29 is 8.78 Å². The number of benzene rings is 1. The van der Waals surface area contributed by atoms with Gasteiger partial charge < -0.3 is 5.32 Å². The maximum absolute atomic E-state index is 14.2. The summed E-state index contributed by atoms with van der Waals surface area (Å²) in [5.74, 6) is -0.938. The Morgan fingerprint density at radius 1 is 1.33 bits per heavy atom. The lowest BCUT2D eigenvalue weighted by atomic mass is 10.0. The zero-order valence-corrected chi connectivity index (χ0v) is 14.2. The first-order valence-corrected chi connectivity index (χ1v) is 8.45. The lowest BCUT2D eigenvalue weighted by Gasteiger charge is -2.40. The van der Waals surface area contributed by atoms with Crippen LogP contribution in [0.25, 0.3) is 0 Å². The van der Waals surface area contributed by atoms with Gasteiger partial charge in [0.15, 0.2) is 0 Å². The molecule has 2 unspecified atom stereocenters. The number of nitrogens with one attached hydrogen (secondary N) is 1. The molecule has 21 heavy (non-hydrogen) atoms. The molecule has 2 atom stereocenters. The highest BCUT2D eigenvalue weighted by Gasteiger charge is 2.28. The van der Waals surface area contributed by atoms with Crippen molar-refractivity contribution in [1.29, 1.82) is 0 Å². The van der Waals surface area contributed by atoms with Crippen LogP contribution >= 0.6 is 15.9 Å². The number of piperazine rings is 1. The van der Waals surface area contributed by atoms with E-state index >= 15 is 0 Å². The summed E-state index contributed by atoms with van der Waals surface area (Å²) in [7, 11) is 0. The number of halogens is 3. The predicted octanol–water partition coefficient (Wildman–Crippen LogP) is 4.08. The molecule has 1 aromatic rings. The van der Waals surface area contributed by atoms with Crippen molar-refractivity contribution in [2.45, 2.75) is 51.7 Å². The average Bonchev–Trinajstić information content (AvgIpc) is 2.48. The third-order valence-corrected chi connectivity index (χ3v) is 4.83. The van der Waals surface area contributed by atoms with Crippen molar-refractivity contribution in [1.82, 2.24) is 10.2 Å². The lowest BCUT2D eigenvalue weighted by Crippen LogP contribution is -2.55. The van der Waals surface area contributed by atoms with Crippen molar-refractivity contribution >= 4 is 15.9 Å². The Hall–Kier alpha value is -0.520. The second kappa shape index (κ2) is 7.65. The van der Waals surface area contributed by atoms with E-state index in [1.807, 2.05) is 0 Å². The van der Waals surface area contributed by atoms with Crippen LogP contribution in [0, 0.1) is 11.6 Å². The van der Waals surface area contributed by atoms with Crippen LogP contribution in [0.15, 0.2) is 16.6 Å². The predicted molar refractivity (Wildman–Crippen MR) is 85.2 cm³/mol. The monoisotopic (exact) mass is 360 g/mol. The van der Waals surface area contributed by atoms with Crippen molar-refractivity contribution in [3.63, 3.8) is 0 Å². The zero-order valence-electron chi connectivity index (χ0n) is 12.6. The van der Waals surface area contributed by atoms with Gasteiger partial charge in [0.25, 0.3) is 0 Å². The van der Waals surface area contributed by atoms with Crippen LogP contribution in [0.1, 0.15) is 38.7 Å². The molecule has 1 aromatic carbocycles. The van der Waals surface area contributed by atoms with Gasteiger partial charge >= 0.3 is 0 Å². The molecule has 2 rings (SSSR count).